The molecule has 1 aromatic carbocycles. The smallest absolute Gasteiger partial charge is 0.122 e. The number of aryl methyl sites for hydroxylation is 2. The first kappa shape index (κ1) is 12.9. The zero-order valence-electron chi connectivity index (χ0n) is 10.9. The Balaban J connectivity index is 2.42. The summed E-state index contributed by atoms with van der Waals surface area (Å²) < 4.78 is 5.59. The Labute approximate surface area is 113 Å². The van der Waals surface area contributed by atoms with E-state index in [1.54, 1.807) is 7.11 Å². The van der Waals surface area contributed by atoms with Crippen LogP contribution in [0.3, 0.4) is 0 Å². The van der Waals surface area contributed by atoms with E-state index >= 15 is 0 Å². The number of methoxy groups -OCH3 is 1. The van der Waals surface area contributed by atoms with E-state index in [1.165, 1.54) is 42.4 Å². The molecule has 1 nitrogen and oxygen atoms in total. The molecule has 1 aliphatic rings. The van der Waals surface area contributed by atoms with Crippen molar-refractivity contribution in [1.29, 1.82) is 0 Å². The molecule has 17 heavy (non-hydrogen) atoms. The number of benzene rings is 1. The van der Waals surface area contributed by atoms with Crippen LogP contribution in [0.4, 0.5) is 0 Å². The van der Waals surface area contributed by atoms with Gasteiger partial charge in [0.1, 0.15) is 5.75 Å². The highest BCUT2D eigenvalue weighted by molar-refractivity contribution is 9.09. The maximum Gasteiger partial charge on any atom is 0.122 e. The van der Waals surface area contributed by atoms with Crippen LogP contribution in [0.5, 0.6) is 5.75 Å². The molecular formula is C15H21BrO. The van der Waals surface area contributed by atoms with Crippen molar-refractivity contribution >= 4 is 15.9 Å². The van der Waals surface area contributed by atoms with Gasteiger partial charge in [-0.15, -0.1) is 0 Å². The number of alkyl halides is 1. The van der Waals surface area contributed by atoms with Gasteiger partial charge in [0.25, 0.3) is 0 Å². The van der Waals surface area contributed by atoms with Gasteiger partial charge in [-0.05, 0) is 43.9 Å². The van der Waals surface area contributed by atoms with Gasteiger partial charge in [-0.3, -0.25) is 0 Å². The second kappa shape index (κ2) is 5.43. The lowest BCUT2D eigenvalue weighted by Gasteiger charge is -2.30. The van der Waals surface area contributed by atoms with Gasteiger partial charge < -0.3 is 4.74 Å². The third-order valence-electron chi connectivity index (χ3n) is 3.77. The van der Waals surface area contributed by atoms with E-state index in [0.29, 0.717) is 10.7 Å². The van der Waals surface area contributed by atoms with E-state index in [9.17, 15) is 0 Å². The highest BCUT2D eigenvalue weighted by Crippen LogP contribution is 2.42. The van der Waals surface area contributed by atoms with Gasteiger partial charge in [0, 0.05) is 16.3 Å². The van der Waals surface area contributed by atoms with Crippen molar-refractivity contribution in [2.45, 2.75) is 50.3 Å². The van der Waals surface area contributed by atoms with Crippen LogP contribution in [-0.2, 0) is 0 Å². The van der Waals surface area contributed by atoms with Crippen LogP contribution in [-0.4, -0.2) is 11.9 Å². The molecule has 2 atom stereocenters. The maximum absolute atomic E-state index is 5.59. The summed E-state index contributed by atoms with van der Waals surface area (Å²) in [5.74, 6) is 1.68. The van der Waals surface area contributed by atoms with Crippen molar-refractivity contribution in [3.8, 4) is 5.75 Å². The summed E-state index contributed by atoms with van der Waals surface area (Å²) in [5, 5.41) is 0. The quantitative estimate of drug-likeness (QED) is 0.717. The van der Waals surface area contributed by atoms with Gasteiger partial charge in [0.2, 0.25) is 0 Å². The normalized spacial score (nSPS) is 24.7. The van der Waals surface area contributed by atoms with Crippen molar-refractivity contribution in [3.05, 3.63) is 28.8 Å². The van der Waals surface area contributed by atoms with Gasteiger partial charge in [0.05, 0.1) is 7.11 Å². The van der Waals surface area contributed by atoms with Gasteiger partial charge in [-0.1, -0.05) is 34.8 Å². The Morgan fingerprint density at radius 3 is 2.53 bits per heavy atom. The van der Waals surface area contributed by atoms with Crippen molar-refractivity contribution in [2.75, 3.05) is 7.11 Å². The predicted molar refractivity (Wildman–Crippen MR) is 76.4 cm³/mol. The minimum atomic E-state index is 0.603. The lowest BCUT2D eigenvalue weighted by molar-refractivity contribution is 0.390. The lowest BCUT2D eigenvalue weighted by atomic mass is 9.81. The molecule has 1 saturated carbocycles. The summed E-state index contributed by atoms with van der Waals surface area (Å²) in [7, 11) is 1.78. The average Bonchev–Trinajstić information content (AvgIpc) is 2.29. The Morgan fingerprint density at radius 2 is 1.88 bits per heavy atom. The third-order valence-corrected chi connectivity index (χ3v) is 4.86. The molecule has 0 spiro atoms. The Kier molecular flexibility index (Phi) is 4.13. The second-order valence-corrected chi connectivity index (χ2v) is 6.28. The first-order valence-electron chi connectivity index (χ1n) is 6.42. The van der Waals surface area contributed by atoms with E-state index < -0.39 is 0 Å². The molecule has 0 aromatic heterocycles. The van der Waals surface area contributed by atoms with Crippen LogP contribution >= 0.6 is 15.9 Å². The standard InChI is InChI=1S/C15H21BrO/c1-10-8-11(2)15(14(9-10)17-3)12-6-4-5-7-13(12)16/h8-9,12-13H,4-7H2,1-3H3. The first-order valence-corrected chi connectivity index (χ1v) is 7.34. The number of hydrogen-bond acceptors (Lipinski definition) is 1. The minimum Gasteiger partial charge on any atom is -0.496 e. The zero-order valence-corrected chi connectivity index (χ0v) is 12.5. The summed E-state index contributed by atoms with van der Waals surface area (Å²) in [4.78, 5) is 0.603. The molecule has 2 rings (SSSR count). The number of ether oxygens (including phenoxy) is 1. The van der Waals surface area contributed by atoms with Crippen molar-refractivity contribution in [1.82, 2.24) is 0 Å². The second-order valence-electron chi connectivity index (χ2n) is 5.10. The number of rotatable bonds is 2. The average molecular weight is 297 g/mol. The highest BCUT2D eigenvalue weighted by atomic mass is 79.9. The van der Waals surface area contributed by atoms with E-state index in [0.717, 1.165) is 5.75 Å². The van der Waals surface area contributed by atoms with Gasteiger partial charge in [0.15, 0.2) is 0 Å². The molecular weight excluding hydrogens is 276 g/mol. The van der Waals surface area contributed by atoms with Crippen LogP contribution < -0.4 is 4.74 Å². The predicted octanol–water partition coefficient (Wildman–Crippen LogP) is 4.73. The first-order chi connectivity index (χ1) is 8.13. The largest absolute Gasteiger partial charge is 0.496 e. The Hall–Kier alpha value is -0.500. The fraction of sp³-hybridized carbons (Fsp3) is 0.600. The van der Waals surface area contributed by atoms with Crippen LogP contribution in [0, 0.1) is 13.8 Å². The molecule has 1 fully saturated rings. The molecule has 2 heteroatoms. The van der Waals surface area contributed by atoms with E-state index in [4.69, 9.17) is 4.74 Å². The lowest BCUT2D eigenvalue weighted by Crippen LogP contribution is -2.19. The van der Waals surface area contributed by atoms with Gasteiger partial charge in [-0.2, -0.15) is 0 Å². The Bertz CT molecular complexity index is 400. The molecule has 0 radical (unpaired) electrons. The van der Waals surface area contributed by atoms with Crippen LogP contribution in [0.25, 0.3) is 0 Å². The third kappa shape index (κ3) is 2.67. The maximum atomic E-state index is 5.59. The zero-order chi connectivity index (χ0) is 12.4. The summed E-state index contributed by atoms with van der Waals surface area (Å²) in [6.45, 7) is 4.34. The van der Waals surface area contributed by atoms with Crippen molar-refractivity contribution in [3.63, 3.8) is 0 Å². The SMILES string of the molecule is COc1cc(C)cc(C)c1C1CCCCC1Br. The topological polar surface area (TPSA) is 9.23 Å². The van der Waals surface area contributed by atoms with Crippen LogP contribution in [0.2, 0.25) is 0 Å². The fourth-order valence-corrected chi connectivity index (χ4v) is 3.85. The molecule has 0 aliphatic heterocycles. The van der Waals surface area contributed by atoms with Crippen molar-refractivity contribution < 1.29 is 4.74 Å². The van der Waals surface area contributed by atoms with Gasteiger partial charge in [-0.25, -0.2) is 0 Å². The Morgan fingerprint density at radius 1 is 1.18 bits per heavy atom. The van der Waals surface area contributed by atoms with Crippen molar-refractivity contribution in [2.24, 2.45) is 0 Å². The minimum absolute atomic E-state index is 0.603. The molecule has 0 bridgehead atoms. The highest BCUT2D eigenvalue weighted by Gasteiger charge is 2.28. The molecule has 0 saturated heterocycles. The summed E-state index contributed by atoms with van der Waals surface area (Å²) in [6, 6.07) is 4.43. The van der Waals surface area contributed by atoms with Gasteiger partial charge >= 0.3 is 0 Å². The van der Waals surface area contributed by atoms with Crippen LogP contribution in [0.1, 0.15) is 48.3 Å². The fourth-order valence-electron chi connectivity index (χ4n) is 2.99. The molecule has 1 aliphatic carbocycles. The summed E-state index contributed by atoms with van der Waals surface area (Å²) >= 11 is 3.85. The molecule has 1 aromatic rings. The van der Waals surface area contributed by atoms with E-state index in [2.05, 4.69) is 41.9 Å². The molecule has 0 heterocycles. The monoisotopic (exact) mass is 296 g/mol. The van der Waals surface area contributed by atoms with E-state index in [1.807, 2.05) is 0 Å². The number of halogens is 1. The molecule has 94 valence electrons. The summed E-state index contributed by atoms with van der Waals surface area (Å²) in [6.07, 6.45) is 5.24. The summed E-state index contributed by atoms with van der Waals surface area (Å²) in [5.41, 5.74) is 4.07. The van der Waals surface area contributed by atoms with Crippen LogP contribution in [0.15, 0.2) is 12.1 Å². The molecule has 0 amide bonds. The molecule has 0 N–H and O–H groups in total. The number of hydrogen-bond donors (Lipinski definition) is 0. The molecule has 2 unspecified atom stereocenters. The van der Waals surface area contributed by atoms with E-state index in [-0.39, 0.29) is 0 Å².